The van der Waals surface area contributed by atoms with E-state index >= 15 is 0 Å². The van der Waals surface area contributed by atoms with Crippen LogP contribution in [0.15, 0.2) is 22.7 Å². The van der Waals surface area contributed by atoms with Gasteiger partial charge >= 0.3 is 0 Å². The van der Waals surface area contributed by atoms with E-state index in [2.05, 4.69) is 82.8 Å². The molecule has 1 fully saturated rings. The minimum absolute atomic E-state index is 0.485. The van der Waals surface area contributed by atoms with Gasteiger partial charge in [-0.15, -0.1) is 0 Å². The van der Waals surface area contributed by atoms with Crippen LogP contribution >= 0.6 is 38.5 Å². The molecule has 3 heteroatoms. The summed E-state index contributed by atoms with van der Waals surface area (Å²) in [6.45, 7) is 8.07. The van der Waals surface area contributed by atoms with Crippen molar-refractivity contribution >= 4 is 38.5 Å². The lowest BCUT2D eigenvalue weighted by Crippen LogP contribution is -2.33. The maximum Gasteiger partial charge on any atom is 0.0360 e. The Morgan fingerprint density at radius 2 is 2.05 bits per heavy atom. The second kappa shape index (κ2) is 7.59. The predicted octanol–water partition coefficient (Wildman–Crippen LogP) is 5.78. The minimum atomic E-state index is 0.485. The van der Waals surface area contributed by atoms with E-state index in [0.29, 0.717) is 6.04 Å². The Morgan fingerprint density at radius 1 is 1.30 bits per heavy atom. The van der Waals surface area contributed by atoms with E-state index in [1.54, 1.807) is 0 Å². The average molecular weight is 450 g/mol. The molecule has 1 N–H and O–H groups in total. The van der Waals surface area contributed by atoms with E-state index in [-0.39, 0.29) is 0 Å². The monoisotopic (exact) mass is 449 g/mol. The third kappa shape index (κ3) is 3.98. The first kappa shape index (κ1) is 16.8. The highest BCUT2D eigenvalue weighted by Crippen LogP contribution is 2.41. The van der Waals surface area contributed by atoms with Crippen LogP contribution in [0.2, 0.25) is 0 Å². The second-order valence-electron chi connectivity index (χ2n) is 6.23. The van der Waals surface area contributed by atoms with Crippen LogP contribution in [0.3, 0.4) is 0 Å². The molecule has 1 aromatic rings. The van der Waals surface area contributed by atoms with Gasteiger partial charge in [0.15, 0.2) is 0 Å². The van der Waals surface area contributed by atoms with Crippen LogP contribution in [0.5, 0.6) is 0 Å². The summed E-state index contributed by atoms with van der Waals surface area (Å²) in [5.41, 5.74) is 1.44. The maximum absolute atomic E-state index is 3.75. The van der Waals surface area contributed by atoms with E-state index < -0.39 is 0 Å². The van der Waals surface area contributed by atoms with E-state index in [9.17, 15) is 0 Å². The first-order valence-electron chi connectivity index (χ1n) is 7.71. The van der Waals surface area contributed by atoms with Gasteiger partial charge in [-0.25, -0.2) is 0 Å². The smallest absolute Gasteiger partial charge is 0.0360 e. The zero-order valence-corrected chi connectivity index (χ0v) is 16.4. The highest BCUT2D eigenvalue weighted by Gasteiger charge is 2.31. The quantitative estimate of drug-likeness (QED) is 0.574. The van der Waals surface area contributed by atoms with Gasteiger partial charge in [-0.1, -0.05) is 43.1 Å². The van der Waals surface area contributed by atoms with Crippen molar-refractivity contribution in [2.24, 2.45) is 17.8 Å². The molecule has 1 aromatic carbocycles. The van der Waals surface area contributed by atoms with E-state index in [1.807, 2.05) is 0 Å². The Morgan fingerprint density at radius 3 is 2.70 bits per heavy atom. The largest absolute Gasteiger partial charge is 0.310 e. The molecule has 112 valence electrons. The molecule has 1 aliphatic carbocycles. The average Bonchev–Trinajstić information content (AvgIpc) is 2.42. The molecule has 4 unspecified atom stereocenters. The zero-order valence-electron chi connectivity index (χ0n) is 12.6. The van der Waals surface area contributed by atoms with Crippen LogP contribution in [0, 0.1) is 21.3 Å². The lowest BCUT2D eigenvalue weighted by atomic mass is 9.72. The molecule has 1 saturated carbocycles. The molecule has 20 heavy (non-hydrogen) atoms. The SMILES string of the molecule is CCNC(c1cc(I)ccc1Br)C1CCC(C)C(C)C1. The third-order valence-electron chi connectivity index (χ3n) is 4.83. The van der Waals surface area contributed by atoms with Crippen LogP contribution in [-0.4, -0.2) is 6.54 Å². The highest BCUT2D eigenvalue weighted by molar-refractivity contribution is 14.1. The molecule has 0 saturated heterocycles. The predicted molar refractivity (Wildman–Crippen MR) is 98.9 cm³/mol. The lowest BCUT2D eigenvalue weighted by Gasteiger charge is -2.37. The summed E-state index contributed by atoms with van der Waals surface area (Å²) in [5, 5.41) is 3.74. The molecule has 0 aliphatic heterocycles. The number of halogens is 2. The van der Waals surface area contributed by atoms with Crippen LogP contribution in [0.1, 0.15) is 51.6 Å². The Bertz CT molecular complexity index is 449. The van der Waals surface area contributed by atoms with Gasteiger partial charge in [-0.05, 0) is 83.5 Å². The molecule has 0 amide bonds. The van der Waals surface area contributed by atoms with E-state index in [4.69, 9.17) is 0 Å². The molecular formula is C17H25BrIN. The van der Waals surface area contributed by atoms with Crippen molar-refractivity contribution in [2.75, 3.05) is 6.54 Å². The molecule has 4 atom stereocenters. The summed E-state index contributed by atoms with van der Waals surface area (Å²) in [4.78, 5) is 0. The first-order valence-corrected chi connectivity index (χ1v) is 9.58. The summed E-state index contributed by atoms with van der Waals surface area (Å²) < 4.78 is 2.57. The van der Waals surface area contributed by atoms with Crippen molar-refractivity contribution < 1.29 is 0 Å². The van der Waals surface area contributed by atoms with Crippen molar-refractivity contribution in [2.45, 2.75) is 46.1 Å². The number of rotatable bonds is 4. The summed E-state index contributed by atoms with van der Waals surface area (Å²) in [6, 6.07) is 7.18. The van der Waals surface area contributed by atoms with Gasteiger partial charge in [-0.2, -0.15) is 0 Å². The van der Waals surface area contributed by atoms with Crippen LogP contribution in [-0.2, 0) is 0 Å². The first-order chi connectivity index (χ1) is 9.52. The zero-order chi connectivity index (χ0) is 14.7. The fourth-order valence-corrected chi connectivity index (χ4v) is 4.40. The number of nitrogens with one attached hydrogen (secondary N) is 1. The fourth-order valence-electron chi connectivity index (χ4n) is 3.40. The molecule has 0 aromatic heterocycles. The summed E-state index contributed by atoms with van der Waals surface area (Å²) in [5.74, 6) is 2.49. The summed E-state index contributed by atoms with van der Waals surface area (Å²) >= 11 is 6.16. The lowest BCUT2D eigenvalue weighted by molar-refractivity contribution is 0.171. The summed E-state index contributed by atoms with van der Waals surface area (Å²) in [6.07, 6.45) is 4.06. The van der Waals surface area contributed by atoms with Gasteiger partial charge in [0.05, 0.1) is 0 Å². The van der Waals surface area contributed by atoms with Gasteiger partial charge in [0, 0.05) is 14.1 Å². The van der Waals surface area contributed by atoms with Crippen molar-refractivity contribution in [3.63, 3.8) is 0 Å². The number of benzene rings is 1. The maximum atomic E-state index is 3.75. The minimum Gasteiger partial charge on any atom is -0.310 e. The normalized spacial score (nSPS) is 28.4. The molecule has 0 bridgehead atoms. The molecule has 1 nitrogen and oxygen atoms in total. The Labute approximate surface area is 145 Å². The molecular weight excluding hydrogens is 425 g/mol. The molecule has 0 heterocycles. The molecule has 1 aliphatic rings. The van der Waals surface area contributed by atoms with Gasteiger partial charge in [0.2, 0.25) is 0 Å². The fraction of sp³-hybridized carbons (Fsp3) is 0.647. The summed E-state index contributed by atoms with van der Waals surface area (Å²) in [7, 11) is 0. The van der Waals surface area contributed by atoms with Crippen molar-refractivity contribution in [1.82, 2.24) is 5.32 Å². The van der Waals surface area contributed by atoms with Crippen molar-refractivity contribution in [3.8, 4) is 0 Å². The van der Waals surface area contributed by atoms with E-state index in [1.165, 1.54) is 32.9 Å². The van der Waals surface area contributed by atoms with Crippen molar-refractivity contribution in [1.29, 1.82) is 0 Å². The Hall–Kier alpha value is 0.390. The molecule has 2 rings (SSSR count). The topological polar surface area (TPSA) is 12.0 Å². The third-order valence-corrected chi connectivity index (χ3v) is 6.22. The second-order valence-corrected chi connectivity index (χ2v) is 8.33. The van der Waals surface area contributed by atoms with Crippen LogP contribution < -0.4 is 5.32 Å². The van der Waals surface area contributed by atoms with E-state index in [0.717, 1.165) is 24.3 Å². The van der Waals surface area contributed by atoms with Crippen molar-refractivity contribution in [3.05, 3.63) is 31.8 Å². The van der Waals surface area contributed by atoms with Crippen LogP contribution in [0.25, 0.3) is 0 Å². The molecule has 0 radical (unpaired) electrons. The molecule has 0 spiro atoms. The Kier molecular flexibility index (Phi) is 6.36. The van der Waals surface area contributed by atoms with Gasteiger partial charge in [-0.3, -0.25) is 0 Å². The Balaban J connectivity index is 2.24. The van der Waals surface area contributed by atoms with Crippen LogP contribution in [0.4, 0.5) is 0 Å². The number of hydrogen-bond donors (Lipinski definition) is 1. The van der Waals surface area contributed by atoms with Gasteiger partial charge < -0.3 is 5.32 Å². The van der Waals surface area contributed by atoms with Gasteiger partial charge in [0.25, 0.3) is 0 Å². The highest BCUT2D eigenvalue weighted by atomic mass is 127. The number of hydrogen-bond acceptors (Lipinski definition) is 1. The standard InChI is InChI=1S/C17H25BrIN/c1-4-20-17(13-6-5-11(2)12(3)9-13)15-10-14(19)7-8-16(15)18/h7-8,10-13,17,20H,4-6,9H2,1-3H3. The van der Waals surface area contributed by atoms with Gasteiger partial charge in [0.1, 0.15) is 0 Å².